The molecule has 2 nitrogen and oxygen atoms in total. The summed E-state index contributed by atoms with van der Waals surface area (Å²) in [5.74, 6) is 0. The second kappa shape index (κ2) is 3.16. The molecule has 1 aliphatic heterocycles. The van der Waals surface area contributed by atoms with Crippen molar-refractivity contribution in [1.29, 1.82) is 0 Å². The Kier molecular flexibility index (Phi) is 2.73. The van der Waals surface area contributed by atoms with E-state index < -0.39 is 0 Å². The largest absolute Gasteiger partial charge is 0.257 e. The maximum absolute atomic E-state index is 3.29. The van der Waals surface area contributed by atoms with Gasteiger partial charge in [0.05, 0.1) is 0 Å². The van der Waals surface area contributed by atoms with Crippen molar-refractivity contribution < 1.29 is 0 Å². The first-order chi connectivity index (χ1) is 4.27. The van der Waals surface area contributed by atoms with Crippen molar-refractivity contribution in [3.8, 4) is 0 Å². The van der Waals surface area contributed by atoms with Crippen LogP contribution in [0.4, 0.5) is 0 Å². The Morgan fingerprint density at radius 3 is 2.78 bits per heavy atom. The van der Waals surface area contributed by atoms with Gasteiger partial charge in [0, 0.05) is 16.5 Å². The van der Waals surface area contributed by atoms with E-state index in [4.69, 9.17) is 0 Å². The minimum absolute atomic E-state index is 0.346. The smallest absolute Gasteiger partial charge is 0.0385 e. The number of nitrogens with one attached hydrogen (secondary N) is 2. The molecule has 1 saturated heterocycles. The van der Waals surface area contributed by atoms with Gasteiger partial charge in [0.25, 0.3) is 0 Å². The maximum Gasteiger partial charge on any atom is 0.0385 e. The van der Waals surface area contributed by atoms with E-state index in [1.807, 2.05) is 0 Å². The molecule has 0 unspecified atom stereocenters. The summed E-state index contributed by atoms with van der Waals surface area (Å²) in [7, 11) is 0. The van der Waals surface area contributed by atoms with Crippen molar-refractivity contribution in [2.75, 3.05) is 11.0 Å². The Morgan fingerprint density at radius 1 is 1.67 bits per heavy atom. The molecule has 0 spiro atoms. The summed E-state index contributed by atoms with van der Waals surface area (Å²) in [6, 6.07) is 0. The van der Waals surface area contributed by atoms with Gasteiger partial charge in [-0.15, -0.1) is 0 Å². The van der Waals surface area contributed by atoms with Crippen molar-refractivity contribution in [3.63, 3.8) is 0 Å². The molecular formula is C6H13IN2. The van der Waals surface area contributed by atoms with Gasteiger partial charge in [-0.3, -0.25) is 10.9 Å². The molecule has 1 heterocycles. The monoisotopic (exact) mass is 240 g/mol. The van der Waals surface area contributed by atoms with Crippen LogP contribution in [0.25, 0.3) is 0 Å². The molecule has 0 amide bonds. The number of hydrogen-bond donors (Lipinski definition) is 2. The maximum atomic E-state index is 3.29. The third-order valence-corrected chi connectivity index (χ3v) is 3.40. The fraction of sp³-hybridized carbons (Fsp3) is 1.00. The quantitative estimate of drug-likeness (QED) is 0.529. The van der Waals surface area contributed by atoms with E-state index in [0.29, 0.717) is 5.54 Å². The van der Waals surface area contributed by atoms with E-state index in [2.05, 4.69) is 40.4 Å². The van der Waals surface area contributed by atoms with Gasteiger partial charge in [-0.05, 0) is 19.8 Å². The lowest BCUT2D eigenvalue weighted by Gasteiger charge is -2.33. The van der Waals surface area contributed by atoms with E-state index in [-0.39, 0.29) is 0 Å². The molecule has 9 heavy (non-hydrogen) atoms. The summed E-state index contributed by atoms with van der Waals surface area (Å²) in [5, 5.41) is 0. The average Bonchev–Trinajstić information content (AvgIpc) is 1.90. The SMILES string of the molecule is C[C@@]1(CI)CCCNN1. The van der Waals surface area contributed by atoms with Crippen LogP contribution in [0.2, 0.25) is 0 Å². The molecule has 2 N–H and O–H groups in total. The minimum atomic E-state index is 0.346. The van der Waals surface area contributed by atoms with E-state index in [9.17, 15) is 0 Å². The predicted molar refractivity (Wildman–Crippen MR) is 47.7 cm³/mol. The van der Waals surface area contributed by atoms with Crippen LogP contribution in [0.5, 0.6) is 0 Å². The summed E-state index contributed by atoms with van der Waals surface area (Å²) in [6.07, 6.45) is 2.59. The number of halogens is 1. The summed E-state index contributed by atoms with van der Waals surface area (Å²) >= 11 is 2.42. The topological polar surface area (TPSA) is 24.1 Å². The van der Waals surface area contributed by atoms with Crippen molar-refractivity contribution in [3.05, 3.63) is 0 Å². The van der Waals surface area contributed by atoms with E-state index in [0.717, 1.165) is 6.54 Å². The number of alkyl halides is 1. The molecule has 0 aromatic rings. The van der Waals surface area contributed by atoms with Gasteiger partial charge in [0.2, 0.25) is 0 Å². The van der Waals surface area contributed by atoms with Gasteiger partial charge < -0.3 is 0 Å². The van der Waals surface area contributed by atoms with Crippen LogP contribution >= 0.6 is 22.6 Å². The van der Waals surface area contributed by atoms with Crippen LogP contribution in [0.15, 0.2) is 0 Å². The second-order valence-corrected chi connectivity index (χ2v) is 3.61. The molecule has 3 heteroatoms. The molecule has 1 rings (SSSR count). The zero-order chi connectivity index (χ0) is 6.74. The highest BCUT2D eigenvalue weighted by Gasteiger charge is 2.23. The Balaban J connectivity index is 2.37. The third-order valence-electron chi connectivity index (χ3n) is 1.72. The van der Waals surface area contributed by atoms with E-state index in [1.54, 1.807) is 0 Å². The molecular weight excluding hydrogens is 227 g/mol. The first-order valence-electron chi connectivity index (χ1n) is 3.33. The second-order valence-electron chi connectivity index (χ2n) is 2.85. The fourth-order valence-electron chi connectivity index (χ4n) is 1.01. The van der Waals surface area contributed by atoms with Crippen LogP contribution < -0.4 is 10.9 Å². The molecule has 0 aliphatic carbocycles. The van der Waals surface area contributed by atoms with Crippen molar-refractivity contribution in [2.24, 2.45) is 0 Å². The molecule has 0 radical (unpaired) electrons. The zero-order valence-electron chi connectivity index (χ0n) is 5.71. The summed E-state index contributed by atoms with van der Waals surface area (Å²) < 4.78 is 1.18. The van der Waals surface area contributed by atoms with Gasteiger partial charge >= 0.3 is 0 Å². The number of hydrogen-bond acceptors (Lipinski definition) is 2. The van der Waals surface area contributed by atoms with Crippen LogP contribution in [0.3, 0.4) is 0 Å². The molecule has 0 saturated carbocycles. The van der Waals surface area contributed by atoms with Crippen molar-refractivity contribution >= 4 is 22.6 Å². The van der Waals surface area contributed by atoms with Crippen LogP contribution in [0.1, 0.15) is 19.8 Å². The van der Waals surface area contributed by atoms with Gasteiger partial charge in [-0.2, -0.15) is 0 Å². The fourth-order valence-corrected chi connectivity index (χ4v) is 1.58. The first-order valence-corrected chi connectivity index (χ1v) is 4.85. The molecule has 1 atom stereocenters. The van der Waals surface area contributed by atoms with Gasteiger partial charge in [0.1, 0.15) is 0 Å². The van der Waals surface area contributed by atoms with Gasteiger partial charge in [-0.1, -0.05) is 22.6 Å². The molecule has 0 bridgehead atoms. The zero-order valence-corrected chi connectivity index (χ0v) is 7.86. The van der Waals surface area contributed by atoms with E-state index >= 15 is 0 Å². The summed E-state index contributed by atoms with van der Waals surface area (Å²) in [6.45, 7) is 3.37. The normalized spacial score (nSPS) is 36.7. The Bertz CT molecular complexity index is 89.1. The molecule has 0 aromatic heterocycles. The van der Waals surface area contributed by atoms with Crippen LogP contribution in [-0.4, -0.2) is 16.5 Å². The lowest BCUT2D eigenvalue weighted by Crippen LogP contribution is -2.55. The predicted octanol–water partition coefficient (Wildman–Crippen LogP) is 1.07. The Hall–Kier alpha value is 0.650. The number of rotatable bonds is 1. The first kappa shape index (κ1) is 7.75. The van der Waals surface area contributed by atoms with Gasteiger partial charge in [-0.25, -0.2) is 0 Å². The molecule has 0 aromatic carbocycles. The molecule has 54 valence electrons. The summed E-state index contributed by atoms with van der Waals surface area (Å²) in [5.41, 5.74) is 6.81. The standard InChI is InChI=1S/C6H13IN2/c1-6(5-7)3-2-4-8-9-6/h8-9H,2-5H2,1H3/t6-/m0/s1. The molecule has 1 aliphatic rings. The van der Waals surface area contributed by atoms with Gasteiger partial charge in [0.15, 0.2) is 0 Å². The highest BCUT2D eigenvalue weighted by molar-refractivity contribution is 14.1. The van der Waals surface area contributed by atoms with E-state index in [1.165, 1.54) is 17.3 Å². The molecule has 1 fully saturated rings. The highest BCUT2D eigenvalue weighted by Crippen LogP contribution is 2.16. The minimum Gasteiger partial charge on any atom is -0.257 e. The lowest BCUT2D eigenvalue weighted by molar-refractivity contribution is 0.266. The third kappa shape index (κ3) is 2.05. The van der Waals surface area contributed by atoms with Crippen LogP contribution in [-0.2, 0) is 0 Å². The number of hydrazine groups is 1. The van der Waals surface area contributed by atoms with Crippen molar-refractivity contribution in [1.82, 2.24) is 10.9 Å². The summed E-state index contributed by atoms with van der Waals surface area (Å²) in [4.78, 5) is 0. The lowest BCUT2D eigenvalue weighted by atomic mass is 9.98. The Labute approximate surface area is 69.9 Å². The highest BCUT2D eigenvalue weighted by atomic mass is 127. The average molecular weight is 240 g/mol. The van der Waals surface area contributed by atoms with Crippen LogP contribution in [0, 0.1) is 0 Å². The van der Waals surface area contributed by atoms with Crippen molar-refractivity contribution in [2.45, 2.75) is 25.3 Å². The Morgan fingerprint density at radius 2 is 2.44 bits per heavy atom.